The first-order valence-corrected chi connectivity index (χ1v) is 6.79. The second-order valence-electron chi connectivity index (χ2n) is 4.81. The SMILES string of the molecule is CCCNC(=O)NCCc1ccc2[nH]c(C)cc2c1. The van der Waals surface area contributed by atoms with Gasteiger partial charge >= 0.3 is 6.03 Å². The summed E-state index contributed by atoms with van der Waals surface area (Å²) in [5, 5.41) is 6.89. The maximum Gasteiger partial charge on any atom is 0.314 e. The topological polar surface area (TPSA) is 56.9 Å². The van der Waals surface area contributed by atoms with Crippen molar-refractivity contribution >= 4 is 16.9 Å². The zero-order valence-electron chi connectivity index (χ0n) is 11.5. The molecule has 0 aliphatic heterocycles. The molecule has 3 N–H and O–H groups in total. The van der Waals surface area contributed by atoms with Crippen LogP contribution in [0.3, 0.4) is 0 Å². The number of hydrogen-bond donors (Lipinski definition) is 3. The summed E-state index contributed by atoms with van der Waals surface area (Å²) in [6.45, 7) is 5.47. The van der Waals surface area contributed by atoms with E-state index in [1.54, 1.807) is 0 Å². The highest BCUT2D eigenvalue weighted by Gasteiger charge is 2.01. The molecule has 0 spiro atoms. The molecule has 0 saturated heterocycles. The lowest BCUT2D eigenvalue weighted by Crippen LogP contribution is -2.36. The van der Waals surface area contributed by atoms with Crippen LogP contribution in [0.1, 0.15) is 24.6 Å². The molecule has 1 aromatic heterocycles. The van der Waals surface area contributed by atoms with E-state index in [9.17, 15) is 4.79 Å². The van der Waals surface area contributed by atoms with Crippen molar-refractivity contribution in [2.45, 2.75) is 26.7 Å². The molecule has 0 atom stereocenters. The van der Waals surface area contributed by atoms with Crippen LogP contribution in [0.25, 0.3) is 10.9 Å². The third-order valence-corrected chi connectivity index (χ3v) is 3.05. The predicted octanol–water partition coefficient (Wildman–Crippen LogP) is 2.73. The first-order valence-electron chi connectivity index (χ1n) is 6.79. The minimum atomic E-state index is -0.0829. The summed E-state index contributed by atoms with van der Waals surface area (Å²) in [5.74, 6) is 0. The van der Waals surface area contributed by atoms with E-state index in [1.165, 1.54) is 16.6 Å². The van der Waals surface area contributed by atoms with E-state index in [0.717, 1.165) is 24.9 Å². The molecule has 0 saturated carbocycles. The fourth-order valence-electron chi connectivity index (χ4n) is 2.10. The number of aryl methyl sites for hydroxylation is 1. The van der Waals surface area contributed by atoms with E-state index in [4.69, 9.17) is 0 Å². The smallest absolute Gasteiger partial charge is 0.314 e. The molecule has 1 heterocycles. The van der Waals surface area contributed by atoms with Crippen LogP contribution >= 0.6 is 0 Å². The third kappa shape index (κ3) is 3.74. The molecule has 0 fully saturated rings. The summed E-state index contributed by atoms with van der Waals surface area (Å²) in [5.41, 5.74) is 3.57. The van der Waals surface area contributed by atoms with Crippen molar-refractivity contribution in [3.63, 3.8) is 0 Å². The number of fused-ring (bicyclic) bond motifs is 1. The van der Waals surface area contributed by atoms with E-state index in [-0.39, 0.29) is 6.03 Å². The van der Waals surface area contributed by atoms with Crippen molar-refractivity contribution in [2.75, 3.05) is 13.1 Å². The second-order valence-corrected chi connectivity index (χ2v) is 4.81. The Kier molecular flexibility index (Phi) is 4.44. The van der Waals surface area contributed by atoms with Crippen LogP contribution in [0.15, 0.2) is 24.3 Å². The molecule has 19 heavy (non-hydrogen) atoms. The number of carbonyl (C=O) groups excluding carboxylic acids is 1. The van der Waals surface area contributed by atoms with Gasteiger partial charge in [0.1, 0.15) is 0 Å². The van der Waals surface area contributed by atoms with Crippen molar-refractivity contribution in [1.82, 2.24) is 15.6 Å². The Labute approximate surface area is 113 Å². The lowest BCUT2D eigenvalue weighted by molar-refractivity contribution is 0.241. The van der Waals surface area contributed by atoms with Crippen LogP contribution in [0, 0.1) is 6.92 Å². The average Bonchev–Trinajstić information content (AvgIpc) is 2.75. The van der Waals surface area contributed by atoms with E-state index in [0.29, 0.717) is 6.54 Å². The number of benzene rings is 1. The van der Waals surface area contributed by atoms with E-state index < -0.39 is 0 Å². The molecule has 0 aliphatic carbocycles. The van der Waals surface area contributed by atoms with Gasteiger partial charge in [0.15, 0.2) is 0 Å². The zero-order chi connectivity index (χ0) is 13.7. The molecule has 0 unspecified atom stereocenters. The van der Waals surface area contributed by atoms with Crippen LogP contribution in [0.5, 0.6) is 0 Å². The molecule has 0 bridgehead atoms. The number of carbonyl (C=O) groups is 1. The van der Waals surface area contributed by atoms with Crippen LogP contribution in [0.2, 0.25) is 0 Å². The Morgan fingerprint density at radius 1 is 1.21 bits per heavy atom. The first kappa shape index (κ1) is 13.5. The molecule has 2 amide bonds. The average molecular weight is 259 g/mol. The Morgan fingerprint density at radius 3 is 2.79 bits per heavy atom. The van der Waals surface area contributed by atoms with Gasteiger partial charge in [0.2, 0.25) is 0 Å². The summed E-state index contributed by atoms with van der Waals surface area (Å²) < 4.78 is 0. The monoisotopic (exact) mass is 259 g/mol. The molecule has 0 radical (unpaired) electrons. The van der Waals surface area contributed by atoms with Crippen molar-refractivity contribution in [1.29, 1.82) is 0 Å². The van der Waals surface area contributed by atoms with E-state index in [1.807, 2.05) is 6.92 Å². The molecule has 2 rings (SSSR count). The Bertz CT molecular complexity index is 560. The molecule has 0 aliphatic rings. The molecule has 102 valence electrons. The molecule has 4 heteroatoms. The number of rotatable bonds is 5. The summed E-state index contributed by atoms with van der Waals surface area (Å²) in [7, 11) is 0. The minimum absolute atomic E-state index is 0.0829. The molecule has 2 aromatic rings. The summed E-state index contributed by atoms with van der Waals surface area (Å²) >= 11 is 0. The van der Waals surface area contributed by atoms with Crippen molar-refractivity contribution in [3.05, 3.63) is 35.5 Å². The van der Waals surface area contributed by atoms with Gasteiger partial charge in [-0.3, -0.25) is 0 Å². The lowest BCUT2D eigenvalue weighted by atomic mass is 10.1. The van der Waals surface area contributed by atoms with Crippen LogP contribution < -0.4 is 10.6 Å². The number of aromatic amines is 1. The Balaban J connectivity index is 1.86. The zero-order valence-corrected chi connectivity index (χ0v) is 11.5. The predicted molar refractivity (Wildman–Crippen MR) is 78.4 cm³/mol. The second kappa shape index (κ2) is 6.27. The number of amides is 2. The minimum Gasteiger partial charge on any atom is -0.359 e. The molecular weight excluding hydrogens is 238 g/mol. The van der Waals surface area contributed by atoms with Gasteiger partial charge in [0.05, 0.1) is 0 Å². The fourth-order valence-corrected chi connectivity index (χ4v) is 2.10. The van der Waals surface area contributed by atoms with Gasteiger partial charge in [0.25, 0.3) is 0 Å². The first-order chi connectivity index (χ1) is 9.19. The van der Waals surface area contributed by atoms with Gasteiger partial charge in [-0.1, -0.05) is 13.0 Å². The molecule has 1 aromatic carbocycles. The highest BCUT2D eigenvalue weighted by atomic mass is 16.2. The van der Waals surface area contributed by atoms with Gasteiger partial charge in [-0.2, -0.15) is 0 Å². The van der Waals surface area contributed by atoms with Crippen molar-refractivity contribution in [3.8, 4) is 0 Å². The van der Waals surface area contributed by atoms with E-state index >= 15 is 0 Å². The van der Waals surface area contributed by atoms with Gasteiger partial charge in [-0.25, -0.2) is 4.79 Å². The summed E-state index contributed by atoms with van der Waals surface area (Å²) in [4.78, 5) is 14.7. The highest BCUT2D eigenvalue weighted by Crippen LogP contribution is 2.16. The van der Waals surface area contributed by atoms with Crippen LogP contribution in [-0.4, -0.2) is 24.1 Å². The third-order valence-electron chi connectivity index (χ3n) is 3.05. The number of H-pyrrole nitrogens is 1. The van der Waals surface area contributed by atoms with Gasteiger partial charge in [0, 0.05) is 24.3 Å². The number of hydrogen-bond acceptors (Lipinski definition) is 1. The molecular formula is C15H21N3O. The maximum absolute atomic E-state index is 11.4. The Morgan fingerprint density at radius 2 is 2.00 bits per heavy atom. The quantitative estimate of drug-likeness (QED) is 0.759. The van der Waals surface area contributed by atoms with Gasteiger partial charge in [-0.05, 0) is 48.9 Å². The van der Waals surface area contributed by atoms with Crippen molar-refractivity contribution in [2.24, 2.45) is 0 Å². The van der Waals surface area contributed by atoms with Crippen molar-refractivity contribution < 1.29 is 4.79 Å². The van der Waals surface area contributed by atoms with E-state index in [2.05, 4.69) is 46.8 Å². The maximum atomic E-state index is 11.4. The van der Waals surface area contributed by atoms with Gasteiger partial charge in [-0.15, -0.1) is 0 Å². The number of nitrogens with one attached hydrogen (secondary N) is 3. The summed E-state index contributed by atoms with van der Waals surface area (Å²) in [6, 6.07) is 8.42. The standard InChI is InChI=1S/C15H21N3O/c1-3-7-16-15(19)17-8-6-12-4-5-14-13(10-12)9-11(2)18-14/h4-5,9-10,18H,3,6-8H2,1-2H3,(H2,16,17,19). The number of urea groups is 1. The number of aromatic nitrogens is 1. The normalized spacial score (nSPS) is 10.6. The Hall–Kier alpha value is -1.97. The highest BCUT2D eigenvalue weighted by molar-refractivity contribution is 5.81. The summed E-state index contributed by atoms with van der Waals surface area (Å²) in [6.07, 6.45) is 1.80. The molecule has 4 nitrogen and oxygen atoms in total. The fraction of sp³-hybridized carbons (Fsp3) is 0.400. The largest absolute Gasteiger partial charge is 0.359 e. The van der Waals surface area contributed by atoms with Crippen LogP contribution in [0.4, 0.5) is 4.79 Å². The van der Waals surface area contributed by atoms with Gasteiger partial charge < -0.3 is 15.6 Å². The van der Waals surface area contributed by atoms with Crippen LogP contribution in [-0.2, 0) is 6.42 Å². The lowest BCUT2D eigenvalue weighted by Gasteiger charge is -2.06.